The van der Waals surface area contributed by atoms with Gasteiger partial charge >= 0.3 is 0 Å². The van der Waals surface area contributed by atoms with E-state index in [1.54, 1.807) is 18.4 Å². The molecule has 2 aromatic heterocycles. The Hall–Kier alpha value is -0.270. The molecule has 0 fully saturated rings. The van der Waals surface area contributed by atoms with Gasteiger partial charge in [-0.1, -0.05) is 6.92 Å². The molecule has 1 atom stereocenters. The van der Waals surface area contributed by atoms with Gasteiger partial charge in [-0.25, -0.2) is 4.98 Å². The molecular formula is C15H21BrN2OS2. The highest BCUT2D eigenvalue weighted by atomic mass is 79.9. The van der Waals surface area contributed by atoms with Crippen LogP contribution < -0.4 is 5.32 Å². The largest absolute Gasteiger partial charge is 0.383 e. The van der Waals surface area contributed by atoms with Crippen molar-refractivity contribution in [1.82, 2.24) is 10.3 Å². The van der Waals surface area contributed by atoms with E-state index >= 15 is 0 Å². The summed E-state index contributed by atoms with van der Waals surface area (Å²) in [6.45, 7) is 7.96. The van der Waals surface area contributed by atoms with E-state index in [0.29, 0.717) is 6.61 Å². The third kappa shape index (κ3) is 4.13. The van der Waals surface area contributed by atoms with Crippen molar-refractivity contribution in [3.63, 3.8) is 0 Å². The molecule has 0 spiro atoms. The third-order valence-electron chi connectivity index (χ3n) is 3.31. The third-order valence-corrected chi connectivity index (χ3v) is 6.59. The molecule has 1 unspecified atom stereocenters. The second-order valence-corrected chi connectivity index (χ2v) is 8.22. The monoisotopic (exact) mass is 388 g/mol. The maximum atomic E-state index is 5.16. The number of methoxy groups -OCH3 is 1. The molecule has 0 bridgehead atoms. The van der Waals surface area contributed by atoms with E-state index in [1.807, 2.05) is 11.3 Å². The van der Waals surface area contributed by atoms with Crippen molar-refractivity contribution in [2.75, 3.05) is 20.3 Å². The number of nitrogens with one attached hydrogen (secondary N) is 1. The fourth-order valence-corrected chi connectivity index (χ4v) is 4.96. The van der Waals surface area contributed by atoms with E-state index in [9.17, 15) is 0 Å². The van der Waals surface area contributed by atoms with E-state index in [4.69, 9.17) is 9.72 Å². The molecule has 21 heavy (non-hydrogen) atoms. The first-order chi connectivity index (χ1) is 10.1. The van der Waals surface area contributed by atoms with Crippen molar-refractivity contribution in [2.45, 2.75) is 33.2 Å². The summed E-state index contributed by atoms with van der Waals surface area (Å²) in [5, 5.41) is 4.72. The second kappa shape index (κ2) is 7.83. The number of aromatic nitrogens is 1. The maximum Gasteiger partial charge on any atom is 0.115 e. The van der Waals surface area contributed by atoms with Crippen LogP contribution in [0.15, 0.2) is 10.5 Å². The molecule has 0 aliphatic carbocycles. The van der Waals surface area contributed by atoms with Gasteiger partial charge in [0, 0.05) is 32.8 Å². The Balaban J connectivity index is 2.30. The van der Waals surface area contributed by atoms with Crippen LogP contribution in [0.4, 0.5) is 0 Å². The summed E-state index contributed by atoms with van der Waals surface area (Å²) in [7, 11) is 1.73. The standard InChI is InChI=1S/C15H21BrN2OS2/c1-5-12-10(3)21-15(18-12)14(17-6-7-19-4)13-8-11(16)9(2)20-13/h8,14,17H,5-7H2,1-4H3. The van der Waals surface area contributed by atoms with Crippen LogP contribution in [0.5, 0.6) is 0 Å². The van der Waals surface area contributed by atoms with Crippen LogP contribution in [0.2, 0.25) is 0 Å². The summed E-state index contributed by atoms with van der Waals surface area (Å²) in [5.74, 6) is 0. The first-order valence-electron chi connectivity index (χ1n) is 7.01. The fraction of sp³-hybridized carbons (Fsp3) is 0.533. The minimum atomic E-state index is 0.152. The quantitative estimate of drug-likeness (QED) is 0.710. The molecule has 0 amide bonds. The second-order valence-electron chi connectivity index (χ2n) is 4.84. The molecule has 2 rings (SSSR count). The molecule has 0 aliphatic rings. The smallest absolute Gasteiger partial charge is 0.115 e. The van der Waals surface area contributed by atoms with Crippen molar-refractivity contribution >= 4 is 38.6 Å². The molecule has 0 saturated heterocycles. The first kappa shape index (κ1) is 17.1. The van der Waals surface area contributed by atoms with Gasteiger partial charge in [0.25, 0.3) is 0 Å². The Kier molecular flexibility index (Phi) is 6.37. The van der Waals surface area contributed by atoms with Gasteiger partial charge in [-0.2, -0.15) is 0 Å². The van der Waals surface area contributed by atoms with Gasteiger partial charge in [0.15, 0.2) is 0 Å². The minimum absolute atomic E-state index is 0.152. The lowest BCUT2D eigenvalue weighted by Gasteiger charge is -2.14. The van der Waals surface area contributed by atoms with Crippen molar-refractivity contribution in [1.29, 1.82) is 0 Å². The van der Waals surface area contributed by atoms with Gasteiger partial charge in [0.2, 0.25) is 0 Å². The molecule has 0 aliphatic heterocycles. The maximum absolute atomic E-state index is 5.16. The fourth-order valence-electron chi connectivity index (χ4n) is 2.14. The van der Waals surface area contributed by atoms with Gasteiger partial charge in [-0.15, -0.1) is 22.7 Å². The first-order valence-corrected chi connectivity index (χ1v) is 9.43. The van der Waals surface area contributed by atoms with Crippen molar-refractivity contribution in [2.24, 2.45) is 0 Å². The lowest BCUT2D eigenvalue weighted by molar-refractivity contribution is 0.197. The van der Waals surface area contributed by atoms with Gasteiger partial charge in [-0.3, -0.25) is 0 Å². The van der Waals surface area contributed by atoms with Crippen molar-refractivity contribution in [3.8, 4) is 0 Å². The highest BCUT2D eigenvalue weighted by Crippen LogP contribution is 2.35. The molecule has 0 radical (unpaired) electrons. The van der Waals surface area contributed by atoms with Crippen molar-refractivity contribution in [3.05, 3.63) is 35.9 Å². The number of thiophene rings is 1. The highest BCUT2D eigenvalue weighted by molar-refractivity contribution is 9.10. The Labute approximate surface area is 142 Å². The van der Waals surface area contributed by atoms with Gasteiger partial charge < -0.3 is 10.1 Å². The summed E-state index contributed by atoms with van der Waals surface area (Å²) in [6, 6.07) is 2.35. The minimum Gasteiger partial charge on any atom is -0.383 e. The van der Waals surface area contributed by atoms with Crippen molar-refractivity contribution < 1.29 is 4.74 Å². The van der Waals surface area contributed by atoms with Gasteiger partial charge in [-0.05, 0) is 42.3 Å². The predicted octanol–water partition coefficient (Wildman–Crippen LogP) is 4.47. The molecule has 1 N–H and O–H groups in total. The van der Waals surface area contributed by atoms with Crippen LogP contribution in [-0.4, -0.2) is 25.2 Å². The number of hydrogen-bond donors (Lipinski definition) is 1. The lowest BCUT2D eigenvalue weighted by atomic mass is 10.2. The lowest BCUT2D eigenvalue weighted by Crippen LogP contribution is -2.25. The highest BCUT2D eigenvalue weighted by Gasteiger charge is 2.21. The van der Waals surface area contributed by atoms with E-state index < -0.39 is 0 Å². The van der Waals surface area contributed by atoms with Gasteiger partial charge in [0.05, 0.1) is 18.3 Å². The molecule has 6 heteroatoms. The SMILES string of the molecule is CCc1nc(C(NCCOC)c2cc(Br)c(C)s2)sc1C. The molecule has 116 valence electrons. The molecular weight excluding hydrogens is 368 g/mol. The molecule has 3 nitrogen and oxygen atoms in total. The van der Waals surface area contributed by atoms with Crippen LogP contribution in [0.1, 0.15) is 38.3 Å². The van der Waals surface area contributed by atoms with E-state index in [2.05, 4.69) is 48.1 Å². The van der Waals surface area contributed by atoms with E-state index in [0.717, 1.165) is 18.0 Å². The van der Waals surface area contributed by atoms with Crippen LogP contribution in [-0.2, 0) is 11.2 Å². The summed E-state index contributed by atoms with van der Waals surface area (Å²) < 4.78 is 6.33. The zero-order valence-electron chi connectivity index (χ0n) is 12.8. The Morgan fingerprint density at radius 1 is 1.33 bits per heavy atom. The normalized spacial score (nSPS) is 12.8. The van der Waals surface area contributed by atoms with Crippen LogP contribution >= 0.6 is 38.6 Å². The number of ether oxygens (including phenoxy) is 1. The zero-order chi connectivity index (χ0) is 15.4. The predicted molar refractivity (Wildman–Crippen MR) is 94.7 cm³/mol. The summed E-state index contributed by atoms with van der Waals surface area (Å²) in [5.41, 5.74) is 1.21. The number of thiazole rings is 1. The average Bonchev–Trinajstić information content (AvgIpc) is 2.98. The number of nitrogens with zero attached hydrogens (tertiary/aromatic N) is 1. The Bertz CT molecular complexity index is 575. The molecule has 0 saturated carbocycles. The summed E-state index contributed by atoms with van der Waals surface area (Å²) in [6.07, 6.45) is 0.986. The van der Waals surface area contributed by atoms with E-state index in [1.165, 1.54) is 24.8 Å². The topological polar surface area (TPSA) is 34.2 Å². The Morgan fingerprint density at radius 3 is 2.62 bits per heavy atom. The summed E-state index contributed by atoms with van der Waals surface area (Å²) >= 11 is 7.22. The van der Waals surface area contributed by atoms with Crippen LogP contribution in [0.3, 0.4) is 0 Å². The Morgan fingerprint density at radius 2 is 2.10 bits per heavy atom. The van der Waals surface area contributed by atoms with Crippen LogP contribution in [0, 0.1) is 13.8 Å². The van der Waals surface area contributed by atoms with Gasteiger partial charge in [0.1, 0.15) is 5.01 Å². The number of rotatable bonds is 7. The van der Waals surface area contributed by atoms with Crippen LogP contribution in [0.25, 0.3) is 0 Å². The molecule has 0 aromatic carbocycles. The number of aryl methyl sites for hydroxylation is 3. The molecule has 2 heterocycles. The summed E-state index contributed by atoms with van der Waals surface area (Å²) in [4.78, 5) is 8.74. The number of hydrogen-bond acceptors (Lipinski definition) is 5. The molecule has 2 aromatic rings. The zero-order valence-corrected chi connectivity index (χ0v) is 16.0. The number of halogens is 1. The van der Waals surface area contributed by atoms with E-state index in [-0.39, 0.29) is 6.04 Å². The average molecular weight is 389 g/mol.